The summed E-state index contributed by atoms with van der Waals surface area (Å²) in [5.74, 6) is 0.874. The van der Waals surface area contributed by atoms with Crippen molar-refractivity contribution >= 4 is 0 Å². The molecule has 0 aromatic carbocycles. The second-order valence-electron chi connectivity index (χ2n) is 3.71. The normalized spacial score (nSPS) is 18.5. The summed E-state index contributed by atoms with van der Waals surface area (Å²) in [6, 6.07) is 0. The number of hydrogen-bond donors (Lipinski definition) is 1. The summed E-state index contributed by atoms with van der Waals surface area (Å²) >= 11 is 0. The first kappa shape index (κ1) is 8.63. The van der Waals surface area contributed by atoms with E-state index < -0.39 is 0 Å². The average Bonchev–Trinajstić information content (AvgIpc) is 2.99. The Hall–Kier alpha value is -0.960. The van der Waals surface area contributed by atoms with Crippen LogP contribution in [0.2, 0.25) is 0 Å². The van der Waals surface area contributed by atoms with Gasteiger partial charge < -0.3 is 5.11 Å². The molecule has 2 rings (SSSR count). The molecular formula is C10H14N2O. The van der Waals surface area contributed by atoms with Crippen LogP contribution in [-0.2, 0) is 0 Å². The van der Waals surface area contributed by atoms with Crippen molar-refractivity contribution < 1.29 is 5.11 Å². The number of nitrogens with zero attached hydrogens (tertiary/aromatic N) is 2. The lowest BCUT2D eigenvalue weighted by molar-refractivity contribution is 0.161. The molecule has 0 spiro atoms. The van der Waals surface area contributed by atoms with E-state index in [1.165, 1.54) is 19.2 Å². The smallest absolute Gasteiger partial charge is 0.115 e. The molecule has 13 heavy (non-hydrogen) atoms. The first-order valence-corrected chi connectivity index (χ1v) is 4.79. The van der Waals surface area contributed by atoms with Crippen LogP contribution in [0.25, 0.3) is 0 Å². The van der Waals surface area contributed by atoms with Crippen molar-refractivity contribution in [1.29, 1.82) is 0 Å². The van der Waals surface area contributed by atoms with Gasteiger partial charge in [-0.3, -0.25) is 0 Å². The topological polar surface area (TPSA) is 46.0 Å². The molecule has 1 aromatic heterocycles. The zero-order valence-corrected chi connectivity index (χ0v) is 7.56. The molecule has 70 valence electrons. The number of aromatic nitrogens is 2. The minimum absolute atomic E-state index is 0.373. The van der Waals surface area contributed by atoms with Crippen molar-refractivity contribution in [3.8, 4) is 0 Å². The van der Waals surface area contributed by atoms with E-state index in [9.17, 15) is 5.11 Å². The lowest BCUT2D eigenvalue weighted by Crippen LogP contribution is -1.99. The zero-order valence-electron chi connectivity index (χ0n) is 7.56. The van der Waals surface area contributed by atoms with Gasteiger partial charge >= 0.3 is 0 Å². The van der Waals surface area contributed by atoms with Crippen molar-refractivity contribution in [2.24, 2.45) is 5.92 Å². The Kier molecular flexibility index (Phi) is 2.54. The predicted molar refractivity (Wildman–Crippen MR) is 48.9 cm³/mol. The standard InChI is InChI=1S/C10H14N2O/c13-10(4-3-8-1-2-8)9-5-11-7-12-6-9/h5-8,10,13H,1-4H2. The first-order valence-electron chi connectivity index (χ1n) is 4.79. The van der Waals surface area contributed by atoms with Crippen LogP contribution in [0.3, 0.4) is 0 Å². The highest BCUT2D eigenvalue weighted by Crippen LogP contribution is 2.35. The quantitative estimate of drug-likeness (QED) is 0.763. The van der Waals surface area contributed by atoms with Gasteiger partial charge in [0, 0.05) is 18.0 Å². The van der Waals surface area contributed by atoms with E-state index in [0.717, 1.165) is 24.3 Å². The van der Waals surface area contributed by atoms with Crippen LogP contribution in [0.1, 0.15) is 37.4 Å². The molecule has 1 aliphatic carbocycles. The van der Waals surface area contributed by atoms with Gasteiger partial charge in [-0.25, -0.2) is 9.97 Å². The molecule has 0 aliphatic heterocycles. The summed E-state index contributed by atoms with van der Waals surface area (Å²) < 4.78 is 0. The third-order valence-corrected chi connectivity index (χ3v) is 2.51. The second kappa shape index (κ2) is 3.83. The van der Waals surface area contributed by atoms with Gasteiger partial charge in [0.25, 0.3) is 0 Å². The van der Waals surface area contributed by atoms with Crippen LogP contribution in [0.4, 0.5) is 0 Å². The Morgan fingerprint density at radius 2 is 2.08 bits per heavy atom. The van der Waals surface area contributed by atoms with Gasteiger partial charge in [0.2, 0.25) is 0 Å². The van der Waals surface area contributed by atoms with Gasteiger partial charge in [-0.1, -0.05) is 12.8 Å². The minimum atomic E-state index is -0.373. The van der Waals surface area contributed by atoms with Crippen LogP contribution in [0.15, 0.2) is 18.7 Å². The Morgan fingerprint density at radius 3 is 2.69 bits per heavy atom. The molecule has 1 unspecified atom stereocenters. The monoisotopic (exact) mass is 178 g/mol. The number of aliphatic hydroxyl groups is 1. The van der Waals surface area contributed by atoms with E-state index >= 15 is 0 Å². The van der Waals surface area contributed by atoms with Crippen LogP contribution >= 0.6 is 0 Å². The minimum Gasteiger partial charge on any atom is -0.388 e. The maximum Gasteiger partial charge on any atom is 0.115 e. The van der Waals surface area contributed by atoms with E-state index in [2.05, 4.69) is 9.97 Å². The third-order valence-electron chi connectivity index (χ3n) is 2.51. The van der Waals surface area contributed by atoms with Gasteiger partial charge in [0.05, 0.1) is 6.10 Å². The molecule has 0 bridgehead atoms. The van der Waals surface area contributed by atoms with E-state index in [1.807, 2.05) is 0 Å². The Labute approximate surface area is 77.8 Å². The fourth-order valence-corrected chi connectivity index (χ4v) is 1.45. The van der Waals surface area contributed by atoms with Gasteiger partial charge in [-0.05, 0) is 18.8 Å². The predicted octanol–water partition coefficient (Wildman–Crippen LogP) is 1.70. The average molecular weight is 178 g/mol. The zero-order chi connectivity index (χ0) is 9.10. The molecule has 3 nitrogen and oxygen atoms in total. The summed E-state index contributed by atoms with van der Waals surface area (Å²) in [5.41, 5.74) is 0.836. The maximum atomic E-state index is 9.72. The van der Waals surface area contributed by atoms with Crippen LogP contribution < -0.4 is 0 Å². The molecule has 1 heterocycles. The van der Waals surface area contributed by atoms with E-state index in [1.54, 1.807) is 12.4 Å². The lowest BCUT2D eigenvalue weighted by Gasteiger charge is -2.08. The Bertz CT molecular complexity index is 259. The summed E-state index contributed by atoms with van der Waals surface area (Å²) in [4.78, 5) is 7.75. The van der Waals surface area contributed by atoms with Gasteiger partial charge in [0.1, 0.15) is 6.33 Å². The summed E-state index contributed by atoms with van der Waals surface area (Å²) in [5, 5.41) is 9.72. The van der Waals surface area contributed by atoms with Gasteiger partial charge in [0.15, 0.2) is 0 Å². The van der Waals surface area contributed by atoms with Crippen molar-refractivity contribution in [3.05, 3.63) is 24.3 Å². The van der Waals surface area contributed by atoms with E-state index in [4.69, 9.17) is 0 Å². The number of hydrogen-bond acceptors (Lipinski definition) is 3. The van der Waals surface area contributed by atoms with E-state index in [-0.39, 0.29) is 6.10 Å². The molecule has 1 N–H and O–H groups in total. The third kappa shape index (κ3) is 2.49. The van der Waals surface area contributed by atoms with Crippen molar-refractivity contribution in [1.82, 2.24) is 9.97 Å². The largest absolute Gasteiger partial charge is 0.388 e. The Balaban J connectivity index is 1.85. The molecule has 1 aromatic rings. The second-order valence-corrected chi connectivity index (χ2v) is 3.71. The van der Waals surface area contributed by atoms with E-state index in [0.29, 0.717) is 0 Å². The van der Waals surface area contributed by atoms with Gasteiger partial charge in [-0.2, -0.15) is 0 Å². The Morgan fingerprint density at radius 1 is 1.38 bits per heavy atom. The van der Waals surface area contributed by atoms with Crippen molar-refractivity contribution in [2.75, 3.05) is 0 Å². The molecule has 1 saturated carbocycles. The van der Waals surface area contributed by atoms with Gasteiger partial charge in [-0.15, -0.1) is 0 Å². The summed E-state index contributed by atoms with van der Waals surface area (Å²) in [6.45, 7) is 0. The van der Waals surface area contributed by atoms with Crippen LogP contribution in [0, 0.1) is 5.92 Å². The van der Waals surface area contributed by atoms with Crippen molar-refractivity contribution in [3.63, 3.8) is 0 Å². The molecule has 0 radical (unpaired) electrons. The van der Waals surface area contributed by atoms with Crippen LogP contribution in [-0.4, -0.2) is 15.1 Å². The summed E-state index contributed by atoms with van der Waals surface area (Å²) in [6.07, 6.45) is 9.15. The number of rotatable bonds is 4. The molecule has 0 saturated heterocycles. The summed E-state index contributed by atoms with van der Waals surface area (Å²) in [7, 11) is 0. The molecule has 1 aliphatic rings. The molecule has 1 atom stereocenters. The molecular weight excluding hydrogens is 164 g/mol. The molecule has 0 amide bonds. The highest BCUT2D eigenvalue weighted by Gasteiger charge is 2.22. The highest BCUT2D eigenvalue weighted by molar-refractivity contribution is 5.06. The fourth-order valence-electron chi connectivity index (χ4n) is 1.45. The van der Waals surface area contributed by atoms with Crippen LogP contribution in [0.5, 0.6) is 0 Å². The maximum absolute atomic E-state index is 9.72. The lowest BCUT2D eigenvalue weighted by atomic mass is 10.1. The fraction of sp³-hybridized carbons (Fsp3) is 0.600. The SMILES string of the molecule is OC(CCC1CC1)c1cncnc1. The molecule has 3 heteroatoms. The molecule has 1 fully saturated rings. The highest BCUT2D eigenvalue weighted by atomic mass is 16.3. The number of aliphatic hydroxyl groups excluding tert-OH is 1. The van der Waals surface area contributed by atoms with Crippen molar-refractivity contribution in [2.45, 2.75) is 31.8 Å². The first-order chi connectivity index (χ1) is 6.36.